The molecule has 0 radical (unpaired) electrons. The molecule has 4 heteroatoms. The fraction of sp³-hybridized carbons (Fsp3) is 0.538. The van der Waals surface area contributed by atoms with Gasteiger partial charge in [0.15, 0.2) is 0 Å². The largest absolute Gasteiger partial charge is 0.508 e. The van der Waals surface area contributed by atoms with Gasteiger partial charge in [0.1, 0.15) is 5.75 Å². The van der Waals surface area contributed by atoms with Crippen molar-refractivity contribution in [1.29, 1.82) is 0 Å². The number of nitrogens with one attached hydrogen (secondary N) is 1. The maximum atomic E-state index is 9.53. The molecular formula is C13H21NO3. The van der Waals surface area contributed by atoms with Crippen molar-refractivity contribution in [1.82, 2.24) is 0 Å². The number of anilines is 1. The van der Waals surface area contributed by atoms with Crippen LogP contribution in [0, 0.1) is 13.8 Å². The van der Waals surface area contributed by atoms with Crippen LogP contribution >= 0.6 is 0 Å². The number of aromatic hydroxyl groups is 1. The lowest BCUT2D eigenvalue weighted by Gasteiger charge is -2.11. The molecular weight excluding hydrogens is 218 g/mol. The SMILES string of the molecule is COCCOCCNc1cc(C)c(O)cc1C. The lowest BCUT2D eigenvalue weighted by Crippen LogP contribution is -2.12. The third-order valence-corrected chi connectivity index (χ3v) is 2.54. The lowest BCUT2D eigenvalue weighted by molar-refractivity contribution is 0.0759. The summed E-state index contributed by atoms with van der Waals surface area (Å²) < 4.78 is 10.2. The van der Waals surface area contributed by atoms with Crippen molar-refractivity contribution in [3.05, 3.63) is 23.3 Å². The molecule has 4 nitrogen and oxygen atoms in total. The van der Waals surface area contributed by atoms with Crippen LogP contribution in [0.4, 0.5) is 5.69 Å². The highest BCUT2D eigenvalue weighted by Gasteiger charge is 2.02. The highest BCUT2D eigenvalue weighted by atomic mass is 16.5. The average Bonchev–Trinajstić information content (AvgIpc) is 2.30. The van der Waals surface area contributed by atoms with E-state index in [9.17, 15) is 5.11 Å². The molecule has 96 valence electrons. The molecule has 17 heavy (non-hydrogen) atoms. The van der Waals surface area contributed by atoms with E-state index in [1.54, 1.807) is 13.2 Å². The lowest BCUT2D eigenvalue weighted by atomic mass is 10.1. The van der Waals surface area contributed by atoms with Gasteiger partial charge < -0.3 is 19.9 Å². The Balaban J connectivity index is 2.34. The number of phenolic OH excluding ortho intramolecular Hbond substituents is 1. The summed E-state index contributed by atoms with van der Waals surface area (Å²) in [5, 5.41) is 12.8. The minimum absolute atomic E-state index is 0.337. The summed E-state index contributed by atoms with van der Waals surface area (Å²) in [7, 11) is 1.66. The standard InChI is InChI=1S/C13H21NO3/c1-10-9-13(15)11(2)8-12(10)14-4-5-17-7-6-16-3/h8-9,14-15H,4-7H2,1-3H3. The predicted molar refractivity (Wildman–Crippen MR) is 68.8 cm³/mol. The van der Waals surface area contributed by atoms with Crippen LogP contribution < -0.4 is 5.32 Å². The third kappa shape index (κ3) is 4.63. The quantitative estimate of drug-likeness (QED) is 0.565. The Morgan fingerprint density at radius 1 is 1.12 bits per heavy atom. The molecule has 1 rings (SSSR count). The van der Waals surface area contributed by atoms with Gasteiger partial charge in [-0.15, -0.1) is 0 Å². The van der Waals surface area contributed by atoms with Crippen LogP contribution in [0.5, 0.6) is 5.75 Å². The van der Waals surface area contributed by atoms with E-state index in [-0.39, 0.29) is 0 Å². The van der Waals surface area contributed by atoms with Gasteiger partial charge in [0.25, 0.3) is 0 Å². The zero-order valence-electron chi connectivity index (χ0n) is 10.7. The van der Waals surface area contributed by atoms with Gasteiger partial charge in [0.05, 0.1) is 19.8 Å². The van der Waals surface area contributed by atoms with Crippen molar-refractivity contribution in [2.45, 2.75) is 13.8 Å². The van der Waals surface area contributed by atoms with Gasteiger partial charge in [-0.05, 0) is 37.1 Å². The molecule has 1 aromatic carbocycles. The molecule has 0 unspecified atom stereocenters. The normalized spacial score (nSPS) is 10.5. The first-order valence-corrected chi connectivity index (χ1v) is 5.76. The second kappa shape index (κ2) is 7.14. The molecule has 0 saturated carbocycles. The van der Waals surface area contributed by atoms with Crippen LogP contribution in [0.25, 0.3) is 0 Å². The van der Waals surface area contributed by atoms with Crippen molar-refractivity contribution in [3.63, 3.8) is 0 Å². The van der Waals surface area contributed by atoms with Crippen LogP contribution in [0.1, 0.15) is 11.1 Å². The van der Waals surface area contributed by atoms with Crippen molar-refractivity contribution in [3.8, 4) is 5.75 Å². The molecule has 2 N–H and O–H groups in total. The zero-order valence-corrected chi connectivity index (χ0v) is 10.7. The fourth-order valence-corrected chi connectivity index (χ4v) is 1.49. The number of benzene rings is 1. The van der Waals surface area contributed by atoms with E-state index in [4.69, 9.17) is 9.47 Å². The minimum atomic E-state index is 0.337. The highest BCUT2D eigenvalue weighted by Crippen LogP contribution is 2.24. The molecule has 0 aliphatic heterocycles. The highest BCUT2D eigenvalue weighted by molar-refractivity contribution is 5.56. The summed E-state index contributed by atoms with van der Waals surface area (Å²) in [4.78, 5) is 0. The molecule has 0 amide bonds. The van der Waals surface area contributed by atoms with E-state index < -0.39 is 0 Å². The average molecular weight is 239 g/mol. The number of hydrogen-bond acceptors (Lipinski definition) is 4. The molecule has 1 aromatic rings. The minimum Gasteiger partial charge on any atom is -0.508 e. The number of aryl methyl sites for hydroxylation is 2. The molecule has 0 aliphatic carbocycles. The molecule has 0 aromatic heterocycles. The maximum Gasteiger partial charge on any atom is 0.118 e. The maximum absolute atomic E-state index is 9.53. The molecule has 0 spiro atoms. The number of rotatable bonds is 7. The predicted octanol–water partition coefficient (Wildman–Crippen LogP) is 2.08. The van der Waals surface area contributed by atoms with Crippen molar-refractivity contribution < 1.29 is 14.6 Å². The first-order chi connectivity index (χ1) is 8.15. The molecule has 0 aliphatic rings. The Morgan fingerprint density at radius 3 is 2.59 bits per heavy atom. The van der Waals surface area contributed by atoms with E-state index in [1.807, 2.05) is 19.9 Å². The Labute approximate surface area is 103 Å². The van der Waals surface area contributed by atoms with Gasteiger partial charge in [-0.3, -0.25) is 0 Å². The number of methoxy groups -OCH3 is 1. The van der Waals surface area contributed by atoms with Gasteiger partial charge in [-0.1, -0.05) is 0 Å². The van der Waals surface area contributed by atoms with E-state index in [1.165, 1.54) is 0 Å². The summed E-state index contributed by atoms with van der Waals surface area (Å²) >= 11 is 0. The van der Waals surface area contributed by atoms with Crippen LogP contribution in [0.3, 0.4) is 0 Å². The van der Waals surface area contributed by atoms with Crippen LogP contribution in [0.2, 0.25) is 0 Å². The van der Waals surface area contributed by atoms with E-state index in [2.05, 4.69) is 5.32 Å². The number of phenols is 1. The topological polar surface area (TPSA) is 50.7 Å². The summed E-state index contributed by atoms with van der Waals surface area (Å²) in [5.41, 5.74) is 2.94. The van der Waals surface area contributed by atoms with Crippen LogP contribution in [-0.4, -0.2) is 38.6 Å². The van der Waals surface area contributed by atoms with Gasteiger partial charge in [-0.2, -0.15) is 0 Å². The summed E-state index contributed by atoms with van der Waals surface area (Å²) in [6.07, 6.45) is 0. The van der Waals surface area contributed by atoms with E-state index in [0.717, 1.165) is 23.4 Å². The third-order valence-electron chi connectivity index (χ3n) is 2.54. The number of hydrogen-bond donors (Lipinski definition) is 2. The van der Waals surface area contributed by atoms with Gasteiger partial charge in [0.2, 0.25) is 0 Å². The van der Waals surface area contributed by atoms with Crippen molar-refractivity contribution in [2.75, 3.05) is 38.8 Å². The Kier molecular flexibility index (Phi) is 5.80. The fourth-order valence-electron chi connectivity index (χ4n) is 1.49. The Hall–Kier alpha value is -1.26. The van der Waals surface area contributed by atoms with Gasteiger partial charge >= 0.3 is 0 Å². The molecule has 0 fully saturated rings. The zero-order chi connectivity index (χ0) is 12.7. The number of ether oxygens (including phenoxy) is 2. The first-order valence-electron chi connectivity index (χ1n) is 5.76. The summed E-state index contributed by atoms with van der Waals surface area (Å²) in [6.45, 7) is 6.48. The summed E-state index contributed by atoms with van der Waals surface area (Å²) in [5.74, 6) is 0.337. The first kappa shape index (κ1) is 13.8. The summed E-state index contributed by atoms with van der Waals surface area (Å²) in [6, 6.07) is 3.71. The molecule has 0 saturated heterocycles. The van der Waals surface area contributed by atoms with Crippen molar-refractivity contribution >= 4 is 5.69 Å². The van der Waals surface area contributed by atoms with Crippen LogP contribution in [0.15, 0.2) is 12.1 Å². The Morgan fingerprint density at radius 2 is 1.88 bits per heavy atom. The van der Waals surface area contributed by atoms with Gasteiger partial charge in [-0.25, -0.2) is 0 Å². The van der Waals surface area contributed by atoms with Gasteiger partial charge in [0, 0.05) is 19.3 Å². The Bertz CT molecular complexity index is 353. The molecule has 0 atom stereocenters. The van der Waals surface area contributed by atoms with E-state index in [0.29, 0.717) is 25.6 Å². The van der Waals surface area contributed by atoms with Crippen molar-refractivity contribution in [2.24, 2.45) is 0 Å². The smallest absolute Gasteiger partial charge is 0.118 e. The second-order valence-corrected chi connectivity index (χ2v) is 3.99. The molecule has 0 bridgehead atoms. The second-order valence-electron chi connectivity index (χ2n) is 3.99. The monoisotopic (exact) mass is 239 g/mol. The molecule has 0 heterocycles. The van der Waals surface area contributed by atoms with Crippen LogP contribution in [-0.2, 0) is 9.47 Å². The van der Waals surface area contributed by atoms with E-state index >= 15 is 0 Å².